The van der Waals surface area contributed by atoms with Gasteiger partial charge in [-0.25, -0.2) is 0 Å². The molecule has 2 rings (SSSR count). The van der Waals surface area contributed by atoms with Crippen LogP contribution < -0.4 is 56.1 Å². The van der Waals surface area contributed by atoms with Gasteiger partial charge in [0.1, 0.15) is 5.75 Å². The predicted octanol–water partition coefficient (Wildman–Crippen LogP) is 1.05. The van der Waals surface area contributed by atoms with Crippen LogP contribution in [0.4, 0.5) is 12.9 Å². The van der Waals surface area contributed by atoms with Crippen LogP contribution in [0.15, 0.2) is 54.6 Å². The molecule has 0 unspecified atom stereocenters. The molecule has 0 aliphatic carbocycles. The zero-order valence-corrected chi connectivity index (χ0v) is 14.4. The van der Waals surface area contributed by atoms with E-state index in [0.29, 0.717) is 0 Å². The molecule has 20 heavy (non-hydrogen) atoms. The van der Waals surface area contributed by atoms with E-state index >= 15 is 0 Å². The number of ether oxygens (including phenoxy) is 1. The maximum atomic E-state index is 12.0. The van der Waals surface area contributed by atoms with Crippen molar-refractivity contribution < 1.29 is 69.1 Å². The first kappa shape index (κ1) is 17.8. The minimum absolute atomic E-state index is 0. The van der Waals surface area contributed by atoms with E-state index in [2.05, 4.69) is 4.74 Å². The fourth-order valence-corrected chi connectivity index (χ4v) is 1.73. The Morgan fingerprint density at radius 1 is 0.800 bits per heavy atom. The van der Waals surface area contributed by atoms with Crippen molar-refractivity contribution in [3.05, 3.63) is 65.7 Å². The SMILES string of the molecule is F[B-](F)(F)COc1ccc(Cc2ccccc2)cc1.[K+]. The van der Waals surface area contributed by atoms with Crippen LogP contribution in [0.2, 0.25) is 0 Å². The molecule has 0 aliphatic heterocycles. The molecule has 0 saturated heterocycles. The number of hydrogen-bond acceptors (Lipinski definition) is 1. The summed E-state index contributed by atoms with van der Waals surface area (Å²) in [5, 5.41) is 0. The molecule has 0 fully saturated rings. The minimum Gasteiger partial charge on any atom is -0.522 e. The summed E-state index contributed by atoms with van der Waals surface area (Å²) in [7, 11) is 0. The van der Waals surface area contributed by atoms with Crippen LogP contribution in [-0.4, -0.2) is 13.5 Å². The van der Waals surface area contributed by atoms with Gasteiger partial charge in [0, 0.05) is 0 Å². The fraction of sp³-hybridized carbons (Fsp3) is 0.143. The molecule has 0 atom stereocenters. The average Bonchev–Trinajstić information content (AvgIpc) is 2.38. The minimum atomic E-state index is -4.90. The topological polar surface area (TPSA) is 9.23 Å². The number of rotatable bonds is 5. The number of benzene rings is 2. The monoisotopic (exact) mass is 304 g/mol. The Labute approximate surface area is 159 Å². The summed E-state index contributed by atoms with van der Waals surface area (Å²) in [6.07, 6.45) is 0.754. The van der Waals surface area contributed by atoms with Crippen molar-refractivity contribution in [2.24, 2.45) is 0 Å². The van der Waals surface area contributed by atoms with E-state index in [9.17, 15) is 12.9 Å². The molecule has 1 nitrogen and oxygen atoms in total. The van der Waals surface area contributed by atoms with Gasteiger partial charge in [0.25, 0.3) is 0 Å². The van der Waals surface area contributed by atoms with E-state index in [4.69, 9.17) is 0 Å². The second-order valence-corrected chi connectivity index (χ2v) is 4.33. The zero-order chi connectivity index (χ0) is 13.7. The molecule has 2 aromatic carbocycles. The Hall–Kier alpha value is -0.269. The van der Waals surface area contributed by atoms with Gasteiger partial charge < -0.3 is 17.7 Å². The van der Waals surface area contributed by atoms with Crippen molar-refractivity contribution in [2.75, 3.05) is 6.51 Å². The third-order valence-corrected chi connectivity index (χ3v) is 2.61. The molecule has 0 aliphatic rings. The van der Waals surface area contributed by atoms with Crippen LogP contribution in [0.3, 0.4) is 0 Å². The molecule has 0 heterocycles. The standard InChI is InChI=1S/C14H13BF3O.K/c16-15(17,18)11-19-14-8-6-13(7-9-14)10-12-4-2-1-3-5-12;/h1-9H,10-11H2;/q-1;+1. The third kappa shape index (κ3) is 6.45. The van der Waals surface area contributed by atoms with Crippen molar-refractivity contribution >= 4 is 6.98 Å². The maximum absolute atomic E-state index is 12.0. The van der Waals surface area contributed by atoms with Gasteiger partial charge in [0.05, 0.1) is 6.51 Å². The van der Waals surface area contributed by atoms with E-state index < -0.39 is 13.5 Å². The number of hydrogen-bond donors (Lipinski definition) is 0. The van der Waals surface area contributed by atoms with Crippen LogP contribution in [0.5, 0.6) is 5.75 Å². The summed E-state index contributed by atoms with van der Waals surface area (Å²) in [4.78, 5) is 0. The van der Waals surface area contributed by atoms with Gasteiger partial charge in [-0.1, -0.05) is 42.5 Å². The Kier molecular flexibility index (Phi) is 7.33. The Morgan fingerprint density at radius 3 is 1.90 bits per heavy atom. The van der Waals surface area contributed by atoms with Crippen LogP contribution in [0, 0.1) is 0 Å². The van der Waals surface area contributed by atoms with Gasteiger partial charge >= 0.3 is 58.4 Å². The van der Waals surface area contributed by atoms with Crippen molar-refractivity contribution in [3.63, 3.8) is 0 Å². The molecule has 0 N–H and O–H groups in total. The summed E-state index contributed by atoms with van der Waals surface area (Å²) in [5.41, 5.74) is 2.20. The molecule has 100 valence electrons. The molecule has 0 aromatic heterocycles. The summed E-state index contributed by atoms with van der Waals surface area (Å²) in [6.45, 7) is -6.10. The zero-order valence-electron chi connectivity index (χ0n) is 11.2. The second-order valence-electron chi connectivity index (χ2n) is 4.33. The van der Waals surface area contributed by atoms with Gasteiger partial charge in [-0.15, -0.1) is 0 Å². The Morgan fingerprint density at radius 2 is 1.35 bits per heavy atom. The van der Waals surface area contributed by atoms with E-state index in [1.165, 1.54) is 0 Å². The summed E-state index contributed by atoms with van der Waals surface area (Å²) >= 11 is 0. The molecule has 6 heteroatoms. The molecular formula is C14H13BF3KO. The quantitative estimate of drug-likeness (QED) is 0.750. The Balaban J connectivity index is 0.00000200. The Bertz CT molecular complexity index is 514. The first-order valence-corrected chi connectivity index (χ1v) is 5.99. The summed E-state index contributed by atoms with van der Waals surface area (Å²) in [6, 6.07) is 16.6. The van der Waals surface area contributed by atoms with Crippen molar-refractivity contribution in [1.82, 2.24) is 0 Å². The maximum Gasteiger partial charge on any atom is 1.00 e. The van der Waals surface area contributed by atoms with Gasteiger partial charge in [0.2, 0.25) is 0 Å². The van der Waals surface area contributed by atoms with Crippen LogP contribution >= 0.6 is 0 Å². The largest absolute Gasteiger partial charge is 1.00 e. The smallest absolute Gasteiger partial charge is 0.522 e. The first-order chi connectivity index (χ1) is 9.03. The van der Waals surface area contributed by atoms with E-state index in [-0.39, 0.29) is 57.1 Å². The molecule has 0 spiro atoms. The van der Waals surface area contributed by atoms with Gasteiger partial charge in [-0.3, -0.25) is 0 Å². The first-order valence-electron chi connectivity index (χ1n) is 5.99. The molecule has 2 aromatic rings. The van der Waals surface area contributed by atoms with E-state index in [1.807, 2.05) is 30.3 Å². The van der Waals surface area contributed by atoms with Crippen LogP contribution in [0.1, 0.15) is 11.1 Å². The van der Waals surface area contributed by atoms with Crippen molar-refractivity contribution in [2.45, 2.75) is 6.42 Å². The van der Waals surface area contributed by atoms with Crippen molar-refractivity contribution in [3.8, 4) is 5.75 Å². The van der Waals surface area contributed by atoms with Gasteiger partial charge in [0.15, 0.2) is 0 Å². The van der Waals surface area contributed by atoms with E-state index in [0.717, 1.165) is 17.5 Å². The summed E-state index contributed by atoms with van der Waals surface area (Å²) in [5.74, 6) is 0.246. The van der Waals surface area contributed by atoms with Crippen molar-refractivity contribution in [1.29, 1.82) is 0 Å². The number of halogens is 3. The molecule has 0 amide bonds. The third-order valence-electron chi connectivity index (χ3n) is 2.61. The predicted molar refractivity (Wildman–Crippen MR) is 70.3 cm³/mol. The normalized spacial score (nSPS) is 10.8. The summed E-state index contributed by atoms with van der Waals surface area (Å²) < 4.78 is 40.8. The average molecular weight is 304 g/mol. The molecular weight excluding hydrogens is 291 g/mol. The molecule has 0 bridgehead atoms. The second kappa shape index (κ2) is 8.24. The van der Waals surface area contributed by atoms with Crippen LogP contribution in [-0.2, 0) is 6.42 Å². The fourth-order valence-electron chi connectivity index (χ4n) is 1.73. The van der Waals surface area contributed by atoms with Crippen LogP contribution in [0.25, 0.3) is 0 Å². The van der Waals surface area contributed by atoms with E-state index in [1.54, 1.807) is 24.3 Å². The molecule has 0 radical (unpaired) electrons. The van der Waals surface area contributed by atoms with Gasteiger partial charge in [-0.2, -0.15) is 0 Å². The van der Waals surface area contributed by atoms with Gasteiger partial charge in [-0.05, 0) is 29.7 Å². The molecule has 0 saturated carbocycles.